The Morgan fingerprint density at radius 1 is 0.606 bits per heavy atom. The summed E-state index contributed by atoms with van der Waals surface area (Å²) in [5, 5.41) is 27.9. The molecule has 8 rings (SSSR count). The van der Waals surface area contributed by atoms with Crippen LogP contribution in [0.25, 0.3) is 11.4 Å². The quantitative estimate of drug-likeness (QED) is 0.0392. The van der Waals surface area contributed by atoms with Crippen molar-refractivity contribution in [3.05, 3.63) is 136 Å². The van der Waals surface area contributed by atoms with Gasteiger partial charge < -0.3 is 25.4 Å². The Morgan fingerprint density at radius 2 is 1.10 bits per heavy atom. The second kappa shape index (κ2) is 24.7. The number of rotatable bonds is 24. The van der Waals surface area contributed by atoms with Gasteiger partial charge in [0.15, 0.2) is 11.6 Å². The summed E-state index contributed by atoms with van der Waals surface area (Å²) in [5.74, 6) is 5.05. The number of carbonyl (C=O) groups is 2. The lowest BCUT2D eigenvalue weighted by atomic mass is 10.00. The van der Waals surface area contributed by atoms with E-state index in [1.54, 1.807) is 14.2 Å². The molecule has 4 heterocycles. The number of carbonyl (C=O) groups excluding carboxylic acids is 2. The predicted octanol–water partition coefficient (Wildman–Crippen LogP) is 9.45. The number of aliphatic imine (C=N–C) groups is 2. The van der Waals surface area contributed by atoms with Crippen LogP contribution < -0.4 is 25.4 Å². The van der Waals surface area contributed by atoms with E-state index in [4.69, 9.17) is 31.1 Å². The van der Waals surface area contributed by atoms with Gasteiger partial charge >= 0.3 is 0 Å². The molecule has 372 valence electrons. The van der Waals surface area contributed by atoms with Crippen molar-refractivity contribution in [3.63, 3.8) is 0 Å². The lowest BCUT2D eigenvalue weighted by Crippen LogP contribution is -2.33. The van der Waals surface area contributed by atoms with Crippen molar-refractivity contribution in [2.75, 3.05) is 46.2 Å². The van der Waals surface area contributed by atoms with E-state index >= 15 is 0 Å². The maximum Gasteiger partial charge on any atom is 0.222 e. The largest absolute Gasteiger partial charge is 0.497 e. The lowest BCUT2D eigenvalue weighted by molar-refractivity contribution is -0.122. The fourth-order valence-corrected chi connectivity index (χ4v) is 10.2. The molecular formula is C54H64ClN11O4S. The fraction of sp³-hybridized carbons (Fsp3) is 0.407. The van der Waals surface area contributed by atoms with E-state index in [0.717, 1.165) is 75.3 Å². The molecule has 0 spiro atoms. The second-order valence-corrected chi connectivity index (χ2v) is 19.4. The monoisotopic (exact) mass is 997 g/mol. The Labute approximate surface area is 425 Å². The average molecular weight is 999 g/mol. The highest BCUT2D eigenvalue weighted by Gasteiger charge is 2.32. The zero-order chi connectivity index (χ0) is 49.7. The molecule has 0 aliphatic carbocycles. The first-order valence-corrected chi connectivity index (χ1v) is 26.1. The second-order valence-electron chi connectivity index (χ2n) is 17.8. The molecular weight excluding hydrogens is 934 g/mol. The van der Waals surface area contributed by atoms with Crippen molar-refractivity contribution in [2.24, 2.45) is 9.98 Å². The van der Waals surface area contributed by atoms with Gasteiger partial charge in [-0.25, -0.2) is 0 Å². The van der Waals surface area contributed by atoms with Crippen LogP contribution in [0.3, 0.4) is 0 Å². The number of methoxy groups -OCH3 is 2. The van der Waals surface area contributed by atoms with Crippen molar-refractivity contribution in [2.45, 2.75) is 102 Å². The molecule has 2 aliphatic rings. The molecule has 4 aromatic carbocycles. The van der Waals surface area contributed by atoms with Crippen molar-refractivity contribution >= 4 is 46.6 Å². The molecule has 6 aromatic rings. The summed E-state index contributed by atoms with van der Waals surface area (Å²) in [4.78, 5) is 37.8. The van der Waals surface area contributed by atoms with E-state index in [1.807, 2.05) is 102 Å². The average Bonchev–Trinajstić information content (AvgIpc) is 3.88. The van der Waals surface area contributed by atoms with Gasteiger partial charge in [0.1, 0.15) is 35.2 Å². The number of amides is 2. The maximum atomic E-state index is 13.4. The third-order valence-electron chi connectivity index (χ3n) is 12.8. The molecule has 0 radical (unpaired) electrons. The number of ether oxygens (including phenoxy) is 2. The summed E-state index contributed by atoms with van der Waals surface area (Å²) >= 11 is 8.13. The molecule has 2 aromatic heterocycles. The van der Waals surface area contributed by atoms with Gasteiger partial charge in [0.2, 0.25) is 11.8 Å². The van der Waals surface area contributed by atoms with Gasteiger partial charge in [-0.2, -0.15) is 0 Å². The van der Waals surface area contributed by atoms with Gasteiger partial charge in [-0.15, -0.1) is 32.2 Å². The molecule has 0 fully saturated rings. The normalized spacial score (nSPS) is 14.7. The van der Waals surface area contributed by atoms with Gasteiger partial charge in [-0.1, -0.05) is 74.4 Å². The van der Waals surface area contributed by atoms with E-state index < -0.39 is 12.1 Å². The summed E-state index contributed by atoms with van der Waals surface area (Å²) in [6, 6.07) is 26.9. The zero-order valence-corrected chi connectivity index (χ0v) is 42.9. The third kappa shape index (κ3) is 12.6. The minimum Gasteiger partial charge on any atom is -0.497 e. The van der Waals surface area contributed by atoms with Crippen molar-refractivity contribution in [3.8, 4) is 22.9 Å². The number of fused-ring (bicyclic) bond motifs is 6. The molecule has 71 heavy (non-hydrogen) atoms. The number of hydrogen-bond donors (Lipinski definition) is 3. The molecule has 2 atom stereocenters. The molecule has 2 amide bonds. The van der Waals surface area contributed by atoms with Crippen LogP contribution in [-0.2, 0) is 9.59 Å². The maximum absolute atomic E-state index is 13.4. The van der Waals surface area contributed by atoms with Gasteiger partial charge in [0.05, 0.1) is 49.9 Å². The zero-order valence-electron chi connectivity index (χ0n) is 41.3. The number of thioether (sulfide) groups is 1. The fourth-order valence-electron chi connectivity index (χ4n) is 9.17. The Morgan fingerprint density at radius 3 is 1.62 bits per heavy atom. The van der Waals surface area contributed by atoms with Crippen LogP contribution >= 0.6 is 23.4 Å². The number of nitrogens with zero attached hydrogens (tertiary/aromatic N) is 8. The minimum absolute atomic E-state index is 0.0770. The summed E-state index contributed by atoms with van der Waals surface area (Å²) < 4.78 is 15.2. The van der Waals surface area contributed by atoms with E-state index in [2.05, 4.69) is 60.6 Å². The highest BCUT2D eigenvalue weighted by Crippen LogP contribution is 2.37. The topological polar surface area (TPSA) is 175 Å². The minimum atomic E-state index is -0.546. The molecule has 0 saturated heterocycles. The van der Waals surface area contributed by atoms with E-state index in [-0.39, 0.29) is 24.7 Å². The molecule has 15 nitrogen and oxygen atoms in total. The molecule has 3 N–H and O–H groups in total. The first-order chi connectivity index (χ1) is 34.6. The van der Waals surface area contributed by atoms with Crippen LogP contribution in [0.2, 0.25) is 5.02 Å². The predicted molar refractivity (Wildman–Crippen MR) is 281 cm³/mol. The first-order valence-electron chi connectivity index (χ1n) is 24.8. The van der Waals surface area contributed by atoms with Gasteiger partial charge in [-0.3, -0.25) is 28.7 Å². The van der Waals surface area contributed by atoms with Crippen LogP contribution in [0.1, 0.15) is 129 Å². The van der Waals surface area contributed by atoms with Crippen LogP contribution in [0.15, 0.2) is 99.8 Å². The number of hydrogen-bond acceptors (Lipinski definition) is 12. The number of aromatic nitrogens is 6. The highest BCUT2D eigenvalue weighted by molar-refractivity contribution is 7.99. The summed E-state index contributed by atoms with van der Waals surface area (Å²) in [6.07, 6.45) is 10.00. The Hall–Kier alpha value is -6.36. The number of nitrogens with one attached hydrogen (secondary N) is 3. The summed E-state index contributed by atoms with van der Waals surface area (Å²) in [6.45, 7) is 8.44. The highest BCUT2D eigenvalue weighted by atomic mass is 35.5. The first kappa shape index (κ1) is 51.0. The van der Waals surface area contributed by atoms with Gasteiger partial charge in [0.25, 0.3) is 0 Å². The summed E-state index contributed by atoms with van der Waals surface area (Å²) in [7, 11) is 3.30. The Balaban J connectivity index is 0.720. The molecule has 0 saturated carbocycles. The number of halogens is 1. The number of unbranched alkanes of at least 4 members (excludes halogenated alkanes) is 7. The Kier molecular flexibility index (Phi) is 17.7. The molecule has 17 heteroatoms. The summed E-state index contributed by atoms with van der Waals surface area (Å²) in [5.41, 5.74) is 6.95. The number of aryl methyl sites for hydroxylation is 2. The van der Waals surface area contributed by atoms with Crippen molar-refractivity contribution in [1.29, 1.82) is 0 Å². The molecule has 2 aliphatic heterocycles. The van der Waals surface area contributed by atoms with Gasteiger partial charge in [-0.05, 0) is 107 Å². The SMILES string of the molecule is CCNC(=O)C[C@@H]1N=C(c2ccc(SCCCCCCCCCCNCCNC(=O)C[C@@H]3N=C(c4ccc(Cl)cc4)c4cc(OC)ccc4-n4c(C)nnc43)cc2)c2cc(OC)ccc2-n2c(C)nnc21. The lowest BCUT2D eigenvalue weighted by Gasteiger charge is -2.14. The van der Waals surface area contributed by atoms with E-state index in [9.17, 15) is 9.59 Å². The third-order valence-corrected chi connectivity index (χ3v) is 14.1. The molecule has 0 bridgehead atoms. The van der Waals surface area contributed by atoms with Crippen LogP contribution in [-0.4, -0.2) is 98.9 Å². The smallest absolute Gasteiger partial charge is 0.222 e. The molecule has 0 unspecified atom stereocenters. The standard InChI is InChI=1S/C54H64ClN11O4S/c1-6-57-49(67)33-45-53-63-61-35(2)65(53)48-26-22-41(70-5)32-44(48)52(59-45)38-17-23-42(24-18-38)71-30-14-12-10-8-7-9-11-13-27-56-28-29-58-50(68)34-46-54-64-62-36(3)66(54)47-25-21-40(69-4)31-43(47)51(60-46)37-15-19-39(55)20-16-37/h15-26,31-32,45-46,56H,6-14,27-30,33-34H2,1-5H3,(H,57,67)(H,58,68)/t45-,46-/m0/s1. The Bertz CT molecular complexity index is 2840. The number of benzene rings is 4. The van der Waals surface area contributed by atoms with Gasteiger partial charge in [0, 0.05) is 51.8 Å². The van der Waals surface area contributed by atoms with Crippen LogP contribution in [0.4, 0.5) is 0 Å². The van der Waals surface area contributed by atoms with Crippen molar-refractivity contribution < 1.29 is 19.1 Å². The van der Waals surface area contributed by atoms with E-state index in [1.165, 1.54) is 49.8 Å². The van der Waals surface area contributed by atoms with Crippen LogP contribution in [0, 0.1) is 13.8 Å². The van der Waals surface area contributed by atoms with Crippen LogP contribution in [0.5, 0.6) is 11.5 Å². The van der Waals surface area contributed by atoms with Crippen molar-refractivity contribution in [1.82, 2.24) is 45.5 Å². The van der Waals surface area contributed by atoms with E-state index in [0.29, 0.717) is 47.9 Å².